The highest BCUT2D eigenvalue weighted by Crippen LogP contribution is 2.33. The summed E-state index contributed by atoms with van der Waals surface area (Å²) in [5.41, 5.74) is 2.93. The van der Waals surface area contributed by atoms with Crippen LogP contribution in [0.25, 0.3) is 0 Å². The van der Waals surface area contributed by atoms with Crippen molar-refractivity contribution >= 4 is 27.5 Å². The molecule has 1 atom stereocenters. The van der Waals surface area contributed by atoms with Crippen LogP contribution in [0.3, 0.4) is 0 Å². The van der Waals surface area contributed by atoms with E-state index in [4.69, 9.17) is 9.47 Å². The highest BCUT2D eigenvalue weighted by atomic mass is 32.2. The van der Waals surface area contributed by atoms with Crippen molar-refractivity contribution in [3.63, 3.8) is 0 Å². The van der Waals surface area contributed by atoms with Gasteiger partial charge in [0.05, 0.1) is 24.8 Å². The average molecular weight is 670 g/mol. The highest BCUT2D eigenvalue weighted by Gasteiger charge is 2.36. The lowest BCUT2D eigenvalue weighted by Crippen LogP contribution is -2.54. The maximum absolute atomic E-state index is 14.7. The molecule has 1 fully saturated rings. The molecule has 1 aliphatic carbocycles. The minimum absolute atomic E-state index is 0.0212. The standard InChI is InChI=1S/C38H43N3O6S/c1-28-12-11-15-30(24-28)26-40(35(25-29-13-5-4-6-14-29)38(43)39-31-16-7-8-17-31)37(42)27-41(34-18-9-10-19-36(34)47-3)48(44,45)33-22-20-32(46-2)21-23-33/h4-6,9-15,18-24,31,35H,7-8,16-17,25-27H2,1-3H3,(H,39,43). The number of amides is 2. The van der Waals surface area contributed by atoms with Crippen molar-refractivity contribution in [3.8, 4) is 11.5 Å². The van der Waals surface area contributed by atoms with Crippen molar-refractivity contribution in [3.05, 3.63) is 120 Å². The van der Waals surface area contributed by atoms with Gasteiger partial charge in [-0.3, -0.25) is 13.9 Å². The normalized spacial score (nSPS) is 13.8. The molecule has 0 saturated heterocycles. The fourth-order valence-corrected chi connectivity index (χ4v) is 7.58. The van der Waals surface area contributed by atoms with E-state index in [1.807, 2.05) is 61.5 Å². The fourth-order valence-electron chi connectivity index (χ4n) is 6.15. The molecule has 252 valence electrons. The van der Waals surface area contributed by atoms with Crippen LogP contribution in [-0.2, 0) is 32.6 Å². The first-order chi connectivity index (χ1) is 23.2. The average Bonchev–Trinajstić information content (AvgIpc) is 3.62. The van der Waals surface area contributed by atoms with Gasteiger partial charge in [0.15, 0.2) is 0 Å². The zero-order valence-electron chi connectivity index (χ0n) is 27.7. The Balaban J connectivity index is 1.59. The number of ether oxygens (including phenoxy) is 2. The molecule has 0 aromatic heterocycles. The van der Waals surface area contributed by atoms with Crippen LogP contribution >= 0.6 is 0 Å². The van der Waals surface area contributed by atoms with Gasteiger partial charge in [0, 0.05) is 19.0 Å². The van der Waals surface area contributed by atoms with Crippen molar-refractivity contribution < 1.29 is 27.5 Å². The lowest BCUT2D eigenvalue weighted by Gasteiger charge is -2.34. The molecule has 1 N–H and O–H groups in total. The number of carbonyl (C=O) groups is 2. The van der Waals surface area contributed by atoms with Crippen LogP contribution in [-0.4, -0.2) is 58.0 Å². The zero-order chi connectivity index (χ0) is 34.1. The molecule has 0 aliphatic heterocycles. The number of rotatable bonds is 14. The third kappa shape index (κ3) is 8.36. The van der Waals surface area contributed by atoms with E-state index in [-0.39, 0.29) is 41.2 Å². The molecule has 9 nitrogen and oxygen atoms in total. The Labute approximate surface area is 283 Å². The largest absolute Gasteiger partial charge is 0.497 e. The second-order valence-corrected chi connectivity index (χ2v) is 13.9. The molecule has 2 amide bonds. The third-order valence-corrected chi connectivity index (χ3v) is 10.5. The fraction of sp³-hybridized carbons (Fsp3) is 0.316. The molecule has 1 saturated carbocycles. The van der Waals surface area contributed by atoms with E-state index in [1.54, 1.807) is 36.4 Å². The zero-order valence-corrected chi connectivity index (χ0v) is 28.5. The summed E-state index contributed by atoms with van der Waals surface area (Å²) in [4.78, 5) is 30.4. The van der Waals surface area contributed by atoms with E-state index in [9.17, 15) is 18.0 Å². The van der Waals surface area contributed by atoms with Crippen LogP contribution in [0, 0.1) is 6.92 Å². The molecule has 1 aliphatic rings. The second-order valence-electron chi connectivity index (χ2n) is 12.1. The summed E-state index contributed by atoms with van der Waals surface area (Å²) in [6.07, 6.45) is 4.11. The number of anilines is 1. The van der Waals surface area contributed by atoms with E-state index in [0.29, 0.717) is 5.75 Å². The van der Waals surface area contributed by atoms with Crippen LogP contribution in [0.2, 0.25) is 0 Å². The van der Waals surface area contributed by atoms with E-state index in [1.165, 1.54) is 31.3 Å². The van der Waals surface area contributed by atoms with Gasteiger partial charge in [-0.15, -0.1) is 0 Å². The topological polar surface area (TPSA) is 105 Å². The Morgan fingerprint density at radius 1 is 0.833 bits per heavy atom. The second kappa shape index (κ2) is 15.8. The van der Waals surface area contributed by atoms with Gasteiger partial charge in [-0.2, -0.15) is 0 Å². The van der Waals surface area contributed by atoms with Crippen LogP contribution < -0.4 is 19.1 Å². The van der Waals surface area contributed by atoms with Gasteiger partial charge in [0.2, 0.25) is 11.8 Å². The van der Waals surface area contributed by atoms with Gasteiger partial charge in [-0.25, -0.2) is 8.42 Å². The summed E-state index contributed by atoms with van der Waals surface area (Å²) in [7, 11) is -1.34. The number of carbonyl (C=O) groups excluding carboxylic acids is 2. The quantitative estimate of drug-likeness (QED) is 0.179. The van der Waals surface area contributed by atoms with Crippen molar-refractivity contribution in [2.45, 2.75) is 62.6 Å². The van der Waals surface area contributed by atoms with Gasteiger partial charge in [0.1, 0.15) is 24.1 Å². The molecule has 1 unspecified atom stereocenters. The van der Waals surface area contributed by atoms with Crippen molar-refractivity contribution in [1.82, 2.24) is 10.2 Å². The predicted molar refractivity (Wildman–Crippen MR) is 187 cm³/mol. The number of nitrogens with zero attached hydrogens (tertiary/aromatic N) is 2. The molecule has 0 bridgehead atoms. The number of para-hydroxylation sites is 2. The SMILES string of the molecule is COc1ccc(S(=O)(=O)N(CC(=O)N(Cc2cccc(C)c2)C(Cc2ccccc2)C(=O)NC2CCCC2)c2ccccc2OC)cc1. The van der Waals surface area contributed by atoms with Gasteiger partial charge in [0.25, 0.3) is 10.0 Å². The molecule has 4 aromatic rings. The summed E-state index contributed by atoms with van der Waals surface area (Å²) >= 11 is 0. The molecular formula is C38H43N3O6S. The number of benzene rings is 4. The van der Waals surface area contributed by atoms with Crippen LogP contribution in [0.4, 0.5) is 5.69 Å². The minimum Gasteiger partial charge on any atom is -0.497 e. The maximum Gasteiger partial charge on any atom is 0.264 e. The number of aryl methyl sites for hydroxylation is 1. The number of hydrogen-bond acceptors (Lipinski definition) is 6. The van der Waals surface area contributed by atoms with Gasteiger partial charge >= 0.3 is 0 Å². The smallest absolute Gasteiger partial charge is 0.264 e. The van der Waals surface area contributed by atoms with Gasteiger partial charge in [-0.1, -0.05) is 85.1 Å². The summed E-state index contributed by atoms with van der Waals surface area (Å²) in [6, 6.07) is 29.1. The van der Waals surface area contributed by atoms with E-state index in [2.05, 4.69) is 5.32 Å². The Kier molecular flexibility index (Phi) is 11.4. The van der Waals surface area contributed by atoms with Gasteiger partial charge in [-0.05, 0) is 67.3 Å². The lowest BCUT2D eigenvalue weighted by molar-refractivity contribution is -0.140. The van der Waals surface area contributed by atoms with E-state index >= 15 is 0 Å². The summed E-state index contributed by atoms with van der Waals surface area (Å²) in [6.45, 7) is 1.51. The van der Waals surface area contributed by atoms with Crippen LogP contribution in [0.1, 0.15) is 42.4 Å². The number of hydrogen-bond donors (Lipinski definition) is 1. The molecular weight excluding hydrogens is 627 g/mol. The highest BCUT2D eigenvalue weighted by molar-refractivity contribution is 7.92. The molecule has 0 radical (unpaired) electrons. The Morgan fingerprint density at radius 2 is 1.50 bits per heavy atom. The monoisotopic (exact) mass is 669 g/mol. The van der Waals surface area contributed by atoms with Crippen molar-refractivity contribution in [2.24, 2.45) is 0 Å². The third-order valence-electron chi connectivity index (χ3n) is 8.69. The lowest BCUT2D eigenvalue weighted by atomic mass is 10.0. The van der Waals surface area contributed by atoms with E-state index in [0.717, 1.165) is 46.7 Å². The van der Waals surface area contributed by atoms with Crippen molar-refractivity contribution in [1.29, 1.82) is 0 Å². The summed E-state index contributed by atoms with van der Waals surface area (Å²) in [5, 5.41) is 3.21. The molecule has 5 rings (SSSR count). The first-order valence-corrected chi connectivity index (χ1v) is 17.6. The summed E-state index contributed by atoms with van der Waals surface area (Å²) < 4.78 is 40.6. The Morgan fingerprint density at radius 3 is 2.17 bits per heavy atom. The first-order valence-electron chi connectivity index (χ1n) is 16.2. The van der Waals surface area contributed by atoms with E-state index < -0.39 is 28.5 Å². The molecule has 10 heteroatoms. The van der Waals surface area contributed by atoms with Gasteiger partial charge < -0.3 is 19.7 Å². The Bertz CT molecular complexity index is 1790. The maximum atomic E-state index is 14.7. The van der Waals surface area contributed by atoms with Crippen LogP contribution in [0.5, 0.6) is 11.5 Å². The number of methoxy groups -OCH3 is 2. The van der Waals surface area contributed by atoms with Crippen molar-refractivity contribution in [2.75, 3.05) is 25.1 Å². The first kappa shape index (κ1) is 34.5. The summed E-state index contributed by atoms with van der Waals surface area (Å²) in [5.74, 6) is -0.00160. The Hall–Kier alpha value is -4.83. The van der Waals surface area contributed by atoms with Crippen LogP contribution in [0.15, 0.2) is 108 Å². The minimum atomic E-state index is -4.29. The number of sulfonamides is 1. The molecule has 48 heavy (non-hydrogen) atoms. The molecule has 0 spiro atoms. The predicted octanol–water partition coefficient (Wildman–Crippen LogP) is 5.91. The number of nitrogens with one attached hydrogen (secondary N) is 1. The molecule has 4 aromatic carbocycles. The molecule has 0 heterocycles.